The van der Waals surface area contributed by atoms with Crippen molar-refractivity contribution >= 4 is 11.6 Å². The van der Waals surface area contributed by atoms with Crippen LogP contribution in [0, 0.1) is 0 Å². The zero-order chi connectivity index (χ0) is 10.1. The number of benzene rings is 1. The Morgan fingerprint density at radius 3 is 2.93 bits per heavy atom. The van der Waals surface area contributed by atoms with E-state index < -0.39 is 0 Å². The van der Waals surface area contributed by atoms with Gasteiger partial charge in [0.2, 0.25) is 0 Å². The van der Waals surface area contributed by atoms with Crippen molar-refractivity contribution < 1.29 is 9.53 Å². The zero-order valence-corrected chi connectivity index (χ0v) is 8.33. The van der Waals surface area contributed by atoms with Crippen molar-refractivity contribution in [1.82, 2.24) is 0 Å². The second kappa shape index (κ2) is 3.33. The van der Waals surface area contributed by atoms with Crippen molar-refractivity contribution in [2.45, 2.75) is 19.8 Å². The molecular formula is C11H13NO2. The Balaban J connectivity index is 2.46. The number of ether oxygens (including phenoxy) is 1. The molecule has 3 nitrogen and oxygen atoms in total. The number of nitrogens with one attached hydrogen (secondary N) is 1. The summed E-state index contributed by atoms with van der Waals surface area (Å²) >= 11 is 0. The highest BCUT2D eigenvalue weighted by Crippen LogP contribution is 2.35. The highest BCUT2D eigenvalue weighted by Gasteiger charge is 2.19. The topological polar surface area (TPSA) is 38.3 Å². The van der Waals surface area contributed by atoms with Gasteiger partial charge in [0.25, 0.3) is 5.91 Å². The molecule has 1 aromatic rings. The summed E-state index contributed by atoms with van der Waals surface area (Å²) in [6.45, 7) is 4.33. The second-order valence-electron chi connectivity index (χ2n) is 3.72. The molecule has 0 atom stereocenters. The highest BCUT2D eigenvalue weighted by molar-refractivity contribution is 5.95. The number of rotatable bonds is 1. The van der Waals surface area contributed by atoms with Crippen LogP contribution >= 0.6 is 0 Å². The van der Waals surface area contributed by atoms with E-state index in [4.69, 9.17) is 4.74 Å². The first-order chi connectivity index (χ1) is 6.68. The van der Waals surface area contributed by atoms with Crippen LogP contribution in [0.15, 0.2) is 18.2 Å². The van der Waals surface area contributed by atoms with E-state index in [0.29, 0.717) is 5.92 Å². The summed E-state index contributed by atoms with van der Waals surface area (Å²) in [4.78, 5) is 11.1. The number of fused-ring (bicyclic) bond motifs is 1. The fraction of sp³-hybridized carbons (Fsp3) is 0.364. The Morgan fingerprint density at radius 2 is 2.21 bits per heavy atom. The molecule has 1 heterocycles. The van der Waals surface area contributed by atoms with Crippen molar-refractivity contribution in [1.29, 1.82) is 0 Å². The van der Waals surface area contributed by atoms with Crippen LogP contribution in [0.1, 0.15) is 25.3 Å². The number of carbonyl (C=O) groups excluding carboxylic acids is 1. The molecule has 1 amide bonds. The van der Waals surface area contributed by atoms with E-state index in [0.717, 1.165) is 17.0 Å². The standard InChI is InChI=1S/C11H13NO2/c1-7(2)8-4-3-5-9-11(8)14-6-10(13)12-9/h3-5,7H,6H2,1-2H3,(H,12,13). The Labute approximate surface area is 83.1 Å². The van der Waals surface area contributed by atoms with Gasteiger partial charge in [-0.2, -0.15) is 0 Å². The largest absolute Gasteiger partial charge is 0.481 e. The zero-order valence-electron chi connectivity index (χ0n) is 8.33. The Hall–Kier alpha value is -1.51. The minimum atomic E-state index is -0.0848. The summed E-state index contributed by atoms with van der Waals surface area (Å²) in [5.74, 6) is 1.14. The summed E-state index contributed by atoms with van der Waals surface area (Å²) in [5, 5.41) is 2.79. The predicted octanol–water partition coefficient (Wildman–Crippen LogP) is 2.14. The smallest absolute Gasteiger partial charge is 0.262 e. The molecule has 0 saturated carbocycles. The van der Waals surface area contributed by atoms with Crippen molar-refractivity contribution in [3.63, 3.8) is 0 Å². The highest BCUT2D eigenvalue weighted by atomic mass is 16.5. The quantitative estimate of drug-likeness (QED) is 0.738. The molecule has 0 bridgehead atoms. The number of anilines is 1. The predicted molar refractivity (Wildman–Crippen MR) is 54.7 cm³/mol. The first-order valence-corrected chi connectivity index (χ1v) is 4.74. The molecular weight excluding hydrogens is 178 g/mol. The Kier molecular flexibility index (Phi) is 2.15. The summed E-state index contributed by atoms with van der Waals surface area (Å²) < 4.78 is 5.42. The van der Waals surface area contributed by atoms with Crippen LogP contribution in [0.2, 0.25) is 0 Å². The summed E-state index contributed by atoms with van der Waals surface area (Å²) in [6, 6.07) is 5.82. The van der Waals surface area contributed by atoms with Crippen molar-refractivity contribution in [3.8, 4) is 5.75 Å². The minimum absolute atomic E-state index is 0.0848. The molecule has 0 saturated heterocycles. The summed E-state index contributed by atoms with van der Waals surface area (Å²) in [7, 11) is 0. The normalized spacial score (nSPS) is 14.6. The van der Waals surface area contributed by atoms with Gasteiger partial charge in [-0.05, 0) is 17.5 Å². The van der Waals surface area contributed by atoms with Gasteiger partial charge in [-0.15, -0.1) is 0 Å². The molecule has 3 heteroatoms. The summed E-state index contributed by atoms with van der Waals surface area (Å²) in [6.07, 6.45) is 0. The molecule has 1 aliphatic rings. The fourth-order valence-corrected chi connectivity index (χ4v) is 1.59. The van der Waals surface area contributed by atoms with E-state index in [9.17, 15) is 4.79 Å². The average Bonchev–Trinajstić information content (AvgIpc) is 2.16. The van der Waals surface area contributed by atoms with E-state index in [-0.39, 0.29) is 12.5 Å². The van der Waals surface area contributed by atoms with Crippen molar-refractivity contribution in [3.05, 3.63) is 23.8 Å². The molecule has 0 aliphatic carbocycles. The summed E-state index contributed by atoms with van der Waals surface area (Å²) in [5.41, 5.74) is 1.93. The van der Waals surface area contributed by atoms with E-state index >= 15 is 0 Å². The van der Waals surface area contributed by atoms with Crippen molar-refractivity contribution in [2.75, 3.05) is 11.9 Å². The lowest BCUT2D eigenvalue weighted by Crippen LogP contribution is -2.26. The molecule has 2 rings (SSSR count). The second-order valence-corrected chi connectivity index (χ2v) is 3.72. The van der Waals surface area contributed by atoms with Gasteiger partial charge in [0.05, 0.1) is 5.69 Å². The first-order valence-electron chi connectivity index (χ1n) is 4.74. The van der Waals surface area contributed by atoms with Gasteiger partial charge in [0.15, 0.2) is 6.61 Å². The molecule has 1 aliphatic heterocycles. The average molecular weight is 191 g/mol. The number of hydrogen-bond donors (Lipinski definition) is 1. The van der Waals surface area contributed by atoms with Crippen LogP contribution in [-0.4, -0.2) is 12.5 Å². The molecule has 0 radical (unpaired) electrons. The molecule has 1 aromatic carbocycles. The molecule has 1 N–H and O–H groups in total. The van der Waals surface area contributed by atoms with Crippen LogP contribution in [0.5, 0.6) is 5.75 Å². The maximum atomic E-state index is 11.1. The van der Waals surface area contributed by atoms with E-state index in [1.54, 1.807) is 0 Å². The van der Waals surface area contributed by atoms with Gasteiger partial charge in [-0.1, -0.05) is 26.0 Å². The number of amides is 1. The molecule has 0 spiro atoms. The van der Waals surface area contributed by atoms with E-state index in [2.05, 4.69) is 19.2 Å². The SMILES string of the molecule is CC(C)c1cccc2c1OCC(=O)N2. The van der Waals surface area contributed by atoms with Crippen molar-refractivity contribution in [2.24, 2.45) is 0 Å². The third-order valence-electron chi connectivity index (χ3n) is 2.29. The van der Waals surface area contributed by atoms with Gasteiger partial charge in [0.1, 0.15) is 5.75 Å². The van der Waals surface area contributed by atoms with Crippen LogP contribution in [0.4, 0.5) is 5.69 Å². The Morgan fingerprint density at radius 1 is 1.43 bits per heavy atom. The third kappa shape index (κ3) is 1.45. The van der Waals surface area contributed by atoms with Crippen LogP contribution < -0.4 is 10.1 Å². The van der Waals surface area contributed by atoms with Crippen LogP contribution in [-0.2, 0) is 4.79 Å². The monoisotopic (exact) mass is 191 g/mol. The minimum Gasteiger partial charge on any atom is -0.481 e. The van der Waals surface area contributed by atoms with E-state index in [1.807, 2.05) is 18.2 Å². The van der Waals surface area contributed by atoms with Crippen LogP contribution in [0.25, 0.3) is 0 Å². The molecule has 0 fully saturated rings. The van der Waals surface area contributed by atoms with Gasteiger partial charge in [0, 0.05) is 0 Å². The Bertz CT molecular complexity index is 372. The number of para-hydroxylation sites is 1. The van der Waals surface area contributed by atoms with Gasteiger partial charge in [-0.3, -0.25) is 4.79 Å². The van der Waals surface area contributed by atoms with Crippen LogP contribution in [0.3, 0.4) is 0 Å². The lowest BCUT2D eigenvalue weighted by molar-refractivity contribution is -0.118. The lowest BCUT2D eigenvalue weighted by atomic mass is 10.0. The first kappa shape index (κ1) is 9.06. The van der Waals surface area contributed by atoms with Gasteiger partial charge in [-0.25, -0.2) is 0 Å². The van der Waals surface area contributed by atoms with E-state index in [1.165, 1.54) is 0 Å². The van der Waals surface area contributed by atoms with Gasteiger partial charge < -0.3 is 10.1 Å². The fourth-order valence-electron chi connectivity index (χ4n) is 1.59. The molecule has 14 heavy (non-hydrogen) atoms. The maximum absolute atomic E-state index is 11.1. The molecule has 0 unspecified atom stereocenters. The number of hydrogen-bond acceptors (Lipinski definition) is 2. The van der Waals surface area contributed by atoms with Gasteiger partial charge >= 0.3 is 0 Å². The number of carbonyl (C=O) groups is 1. The molecule has 74 valence electrons. The lowest BCUT2D eigenvalue weighted by Gasteiger charge is -2.21. The third-order valence-corrected chi connectivity index (χ3v) is 2.29. The molecule has 0 aromatic heterocycles. The maximum Gasteiger partial charge on any atom is 0.262 e.